The number of nitrogens with zero attached hydrogens (tertiary/aromatic N) is 3. The maximum atomic E-state index is 12.6. The fourth-order valence-corrected chi connectivity index (χ4v) is 4.86. The molecule has 2 rings (SSSR count). The lowest BCUT2D eigenvalue weighted by Crippen LogP contribution is -2.50. The largest absolute Gasteiger partial charge is 0.336 e. The van der Waals surface area contributed by atoms with Crippen LogP contribution in [0.2, 0.25) is 0 Å². The average Bonchev–Trinajstić information content (AvgIpc) is 2.64. The van der Waals surface area contributed by atoms with E-state index in [9.17, 15) is 23.3 Å². The maximum absolute atomic E-state index is 12.6. The van der Waals surface area contributed by atoms with Crippen LogP contribution in [0.4, 0.5) is 0 Å². The fourth-order valence-electron chi connectivity index (χ4n) is 3.38. The van der Waals surface area contributed by atoms with Crippen molar-refractivity contribution < 1.29 is 13.2 Å². The van der Waals surface area contributed by atoms with Crippen molar-refractivity contribution in [1.29, 1.82) is 5.26 Å². The van der Waals surface area contributed by atoms with Gasteiger partial charge in [0.15, 0.2) is 0 Å². The van der Waals surface area contributed by atoms with Gasteiger partial charge in [0.1, 0.15) is 12.1 Å². The lowest BCUT2D eigenvalue weighted by Gasteiger charge is -2.31. The molecule has 27 heavy (non-hydrogen) atoms. The lowest BCUT2D eigenvalue weighted by molar-refractivity contribution is -0.123. The summed E-state index contributed by atoms with van der Waals surface area (Å²) < 4.78 is 27.6. The van der Waals surface area contributed by atoms with Gasteiger partial charge in [-0.3, -0.25) is 9.59 Å². The second kappa shape index (κ2) is 8.67. The van der Waals surface area contributed by atoms with Crippen LogP contribution in [0.25, 0.3) is 0 Å². The summed E-state index contributed by atoms with van der Waals surface area (Å²) >= 11 is 0. The topological polar surface area (TPSA) is 112 Å². The Kier molecular flexibility index (Phi) is 6.78. The number of nitriles is 1. The van der Waals surface area contributed by atoms with Gasteiger partial charge < -0.3 is 9.88 Å². The van der Waals surface area contributed by atoms with E-state index < -0.39 is 27.0 Å². The summed E-state index contributed by atoms with van der Waals surface area (Å²) in [6.07, 6.45) is 5.12. The zero-order chi connectivity index (χ0) is 20.1. The molecule has 1 aliphatic rings. The van der Waals surface area contributed by atoms with Gasteiger partial charge in [0.25, 0.3) is 5.56 Å². The summed E-state index contributed by atoms with van der Waals surface area (Å²) in [7, 11) is -3.73. The van der Waals surface area contributed by atoms with Crippen LogP contribution in [-0.2, 0) is 21.4 Å². The van der Waals surface area contributed by atoms with Crippen molar-refractivity contribution in [3.63, 3.8) is 0 Å². The summed E-state index contributed by atoms with van der Waals surface area (Å²) in [5.74, 6) is -0.474. The molecule has 9 heteroatoms. The summed E-state index contributed by atoms with van der Waals surface area (Å²) in [5, 5.41) is 12.2. The first-order valence-corrected chi connectivity index (χ1v) is 10.6. The molecule has 1 amide bonds. The maximum Gasteiger partial charge on any atom is 0.251 e. The Labute approximate surface area is 159 Å². The first-order chi connectivity index (χ1) is 12.8. The molecule has 148 valence electrons. The van der Waals surface area contributed by atoms with Crippen molar-refractivity contribution in [1.82, 2.24) is 14.2 Å². The highest BCUT2D eigenvalue weighted by Crippen LogP contribution is 2.27. The highest BCUT2D eigenvalue weighted by Gasteiger charge is 2.33. The Morgan fingerprint density at radius 3 is 2.44 bits per heavy atom. The van der Waals surface area contributed by atoms with Gasteiger partial charge in [-0.1, -0.05) is 33.1 Å². The summed E-state index contributed by atoms with van der Waals surface area (Å²) in [4.78, 5) is 24.5. The number of carbonyl (C=O) groups excluding carboxylic acids is 1. The predicted molar refractivity (Wildman–Crippen MR) is 100 cm³/mol. The molecule has 1 saturated carbocycles. The second-order valence-corrected chi connectivity index (χ2v) is 8.66. The molecule has 0 aliphatic heterocycles. The standard InChI is InChI=1S/C18H26N4O4S/c1-3-22(4-2)27(25,26)15-8-9-17(24)21(12-15)13-16(23)20-18(14-19)10-6-5-7-11-18/h8-9,12H,3-7,10-11,13H2,1-2H3,(H,20,23). The van der Waals surface area contributed by atoms with Crippen LogP contribution >= 0.6 is 0 Å². The zero-order valence-corrected chi connectivity index (χ0v) is 16.6. The fraction of sp³-hybridized carbons (Fsp3) is 0.611. The molecule has 1 heterocycles. The molecular weight excluding hydrogens is 368 g/mol. The molecule has 1 fully saturated rings. The monoisotopic (exact) mass is 394 g/mol. The van der Waals surface area contributed by atoms with Crippen molar-refractivity contribution >= 4 is 15.9 Å². The third-order valence-corrected chi connectivity index (χ3v) is 6.95. The second-order valence-electron chi connectivity index (χ2n) is 6.72. The van der Waals surface area contributed by atoms with Crippen LogP contribution in [0.1, 0.15) is 46.0 Å². The number of aromatic nitrogens is 1. The average molecular weight is 394 g/mol. The Morgan fingerprint density at radius 2 is 1.89 bits per heavy atom. The van der Waals surface area contributed by atoms with Crippen LogP contribution in [-0.4, -0.2) is 41.8 Å². The number of pyridine rings is 1. The Hall–Kier alpha value is -2.18. The molecule has 0 spiro atoms. The molecule has 1 aliphatic carbocycles. The Bertz CT molecular complexity index is 875. The SMILES string of the molecule is CCN(CC)S(=O)(=O)c1ccc(=O)n(CC(=O)NC2(C#N)CCCCC2)c1. The molecule has 0 unspecified atom stereocenters. The minimum absolute atomic E-state index is 0.0359. The molecule has 8 nitrogen and oxygen atoms in total. The van der Waals surface area contributed by atoms with E-state index in [2.05, 4.69) is 11.4 Å². The van der Waals surface area contributed by atoms with Gasteiger partial charge in [0, 0.05) is 25.4 Å². The molecular formula is C18H26N4O4S. The normalized spacial score (nSPS) is 16.7. The Morgan fingerprint density at radius 1 is 1.26 bits per heavy atom. The number of amides is 1. The number of nitrogens with one attached hydrogen (secondary N) is 1. The smallest absolute Gasteiger partial charge is 0.251 e. The summed E-state index contributed by atoms with van der Waals surface area (Å²) in [6.45, 7) is 3.75. The molecule has 0 atom stereocenters. The van der Waals surface area contributed by atoms with E-state index in [0.29, 0.717) is 25.9 Å². The van der Waals surface area contributed by atoms with Crippen LogP contribution in [0.3, 0.4) is 0 Å². The van der Waals surface area contributed by atoms with Crippen LogP contribution < -0.4 is 10.9 Å². The molecule has 1 N–H and O–H groups in total. The zero-order valence-electron chi connectivity index (χ0n) is 15.8. The molecule has 1 aromatic rings. The van der Waals surface area contributed by atoms with Crippen molar-refractivity contribution in [3.8, 4) is 6.07 Å². The van der Waals surface area contributed by atoms with E-state index in [0.717, 1.165) is 29.9 Å². The summed E-state index contributed by atoms with van der Waals surface area (Å²) in [6, 6.07) is 4.59. The van der Waals surface area contributed by atoms with E-state index in [4.69, 9.17) is 0 Å². The lowest BCUT2D eigenvalue weighted by atomic mass is 9.83. The van der Waals surface area contributed by atoms with Gasteiger partial charge in [-0.2, -0.15) is 9.57 Å². The third-order valence-electron chi connectivity index (χ3n) is 4.91. The van der Waals surface area contributed by atoms with Gasteiger partial charge in [-0.25, -0.2) is 8.42 Å². The molecule has 0 radical (unpaired) electrons. The van der Waals surface area contributed by atoms with Crippen molar-refractivity contribution in [2.24, 2.45) is 0 Å². The van der Waals surface area contributed by atoms with Gasteiger partial charge in [0.05, 0.1) is 11.0 Å². The predicted octanol–water partition coefficient (Wildman–Crippen LogP) is 1.22. The van der Waals surface area contributed by atoms with Gasteiger partial charge in [0.2, 0.25) is 15.9 Å². The van der Waals surface area contributed by atoms with E-state index in [1.165, 1.54) is 16.6 Å². The van der Waals surface area contributed by atoms with E-state index in [-0.39, 0.29) is 11.4 Å². The van der Waals surface area contributed by atoms with Crippen molar-refractivity contribution in [2.45, 2.75) is 62.9 Å². The molecule has 0 saturated heterocycles. The number of rotatable bonds is 7. The van der Waals surface area contributed by atoms with Crippen LogP contribution in [0.5, 0.6) is 0 Å². The van der Waals surface area contributed by atoms with E-state index >= 15 is 0 Å². The highest BCUT2D eigenvalue weighted by molar-refractivity contribution is 7.89. The molecule has 1 aromatic heterocycles. The number of carbonyl (C=O) groups is 1. The highest BCUT2D eigenvalue weighted by atomic mass is 32.2. The first kappa shape index (κ1) is 21.1. The third kappa shape index (κ3) is 4.76. The minimum Gasteiger partial charge on any atom is -0.336 e. The van der Waals surface area contributed by atoms with Crippen molar-refractivity contribution in [2.75, 3.05) is 13.1 Å². The molecule has 0 bridgehead atoms. The van der Waals surface area contributed by atoms with Gasteiger partial charge in [-0.15, -0.1) is 0 Å². The van der Waals surface area contributed by atoms with Gasteiger partial charge >= 0.3 is 0 Å². The number of hydrogen-bond donors (Lipinski definition) is 1. The van der Waals surface area contributed by atoms with Crippen LogP contribution in [0, 0.1) is 11.3 Å². The summed E-state index contributed by atoms with van der Waals surface area (Å²) in [5.41, 5.74) is -1.37. The van der Waals surface area contributed by atoms with E-state index in [1.807, 2.05) is 0 Å². The number of hydrogen-bond acceptors (Lipinski definition) is 5. The van der Waals surface area contributed by atoms with Crippen molar-refractivity contribution in [3.05, 3.63) is 28.7 Å². The first-order valence-electron chi connectivity index (χ1n) is 9.21. The minimum atomic E-state index is -3.73. The quantitative estimate of drug-likeness (QED) is 0.747. The number of sulfonamides is 1. The van der Waals surface area contributed by atoms with Crippen LogP contribution in [0.15, 0.2) is 28.0 Å². The molecule has 0 aromatic carbocycles. The van der Waals surface area contributed by atoms with E-state index in [1.54, 1.807) is 13.8 Å². The van der Waals surface area contributed by atoms with Gasteiger partial charge in [-0.05, 0) is 18.9 Å². The Balaban J connectivity index is 2.23.